The van der Waals surface area contributed by atoms with Gasteiger partial charge in [-0.1, -0.05) is 51.8 Å². The highest BCUT2D eigenvalue weighted by atomic mass is 79.9. The minimum atomic E-state index is -0.104. The van der Waals surface area contributed by atoms with Crippen LogP contribution in [-0.2, 0) is 16.1 Å². The molecule has 0 bridgehead atoms. The highest BCUT2D eigenvalue weighted by Gasteiger charge is 2.18. The van der Waals surface area contributed by atoms with Crippen LogP contribution in [0, 0.1) is 6.92 Å². The van der Waals surface area contributed by atoms with E-state index >= 15 is 0 Å². The molecular weight excluding hydrogens is 394 g/mol. The van der Waals surface area contributed by atoms with Crippen molar-refractivity contribution in [1.29, 1.82) is 0 Å². The number of likely N-dealkylation sites (N-methyl/N-ethyl adjacent to an activating group) is 2. The highest BCUT2D eigenvalue weighted by Crippen LogP contribution is 2.17. The van der Waals surface area contributed by atoms with E-state index in [0.717, 1.165) is 26.2 Å². The first-order valence-corrected chi connectivity index (χ1v) is 9.29. The molecule has 0 aromatic heterocycles. The van der Waals surface area contributed by atoms with Gasteiger partial charge in [-0.3, -0.25) is 9.59 Å². The molecule has 2 aromatic carbocycles. The largest absolute Gasteiger partial charge is 0.337 e. The number of carbonyl (C=O) groups excluding carboxylic acids is 2. The lowest BCUT2D eigenvalue weighted by Gasteiger charge is -2.20. The maximum Gasteiger partial charge on any atom is 0.279 e. The van der Waals surface area contributed by atoms with Crippen LogP contribution < -0.4 is 10.2 Å². The number of rotatable bonds is 7. The third kappa shape index (κ3) is 6.28. The van der Waals surface area contributed by atoms with Crippen LogP contribution in [0.1, 0.15) is 11.1 Å². The number of anilines is 1. The zero-order chi connectivity index (χ0) is 19.1. The molecule has 1 atom stereocenters. The average molecular weight is 419 g/mol. The molecule has 2 rings (SSSR count). The summed E-state index contributed by atoms with van der Waals surface area (Å²) < 4.78 is 0.984. The fourth-order valence-electron chi connectivity index (χ4n) is 2.54. The number of benzene rings is 2. The quantitative estimate of drug-likeness (QED) is 0.720. The van der Waals surface area contributed by atoms with Crippen LogP contribution in [0.4, 0.5) is 5.69 Å². The minimum Gasteiger partial charge on any atom is -0.337 e. The van der Waals surface area contributed by atoms with Crippen LogP contribution in [-0.4, -0.2) is 43.9 Å². The molecule has 0 aliphatic carbocycles. The molecule has 0 spiro atoms. The highest BCUT2D eigenvalue weighted by molar-refractivity contribution is 9.10. The summed E-state index contributed by atoms with van der Waals surface area (Å²) in [5, 5.41) is 2.86. The summed E-state index contributed by atoms with van der Waals surface area (Å²) >= 11 is 3.50. The van der Waals surface area contributed by atoms with Crippen LogP contribution in [0.2, 0.25) is 0 Å². The molecule has 1 unspecified atom stereocenters. The van der Waals surface area contributed by atoms with E-state index in [0.29, 0.717) is 6.54 Å². The Labute approximate surface area is 163 Å². The number of amides is 2. The number of carbonyl (C=O) groups is 2. The first-order valence-electron chi connectivity index (χ1n) is 8.50. The number of quaternary nitrogens is 1. The van der Waals surface area contributed by atoms with E-state index in [1.54, 1.807) is 11.9 Å². The van der Waals surface area contributed by atoms with Gasteiger partial charge in [0.05, 0.1) is 7.05 Å². The number of aryl methyl sites for hydroxylation is 1. The normalized spacial score (nSPS) is 11.7. The van der Waals surface area contributed by atoms with Gasteiger partial charge in [-0.05, 0) is 30.7 Å². The summed E-state index contributed by atoms with van der Waals surface area (Å²) in [6.45, 7) is 3.04. The van der Waals surface area contributed by atoms with Gasteiger partial charge in [0, 0.05) is 23.8 Å². The zero-order valence-corrected chi connectivity index (χ0v) is 17.0. The van der Waals surface area contributed by atoms with E-state index in [9.17, 15) is 9.59 Å². The Morgan fingerprint density at radius 3 is 2.38 bits per heavy atom. The van der Waals surface area contributed by atoms with E-state index in [-0.39, 0.29) is 24.9 Å². The van der Waals surface area contributed by atoms with Crippen LogP contribution in [0.3, 0.4) is 0 Å². The molecule has 0 heterocycles. The van der Waals surface area contributed by atoms with Crippen molar-refractivity contribution in [3.05, 3.63) is 64.1 Å². The van der Waals surface area contributed by atoms with E-state index < -0.39 is 0 Å². The average Bonchev–Trinajstić information content (AvgIpc) is 2.58. The predicted octanol–water partition coefficient (Wildman–Crippen LogP) is 1.87. The van der Waals surface area contributed by atoms with Gasteiger partial charge in [-0.15, -0.1) is 0 Å². The summed E-state index contributed by atoms with van der Waals surface area (Å²) in [4.78, 5) is 27.1. The lowest BCUT2D eigenvalue weighted by molar-refractivity contribution is -0.862. The summed E-state index contributed by atoms with van der Waals surface area (Å²) in [6, 6.07) is 15.5. The van der Waals surface area contributed by atoms with Gasteiger partial charge in [0.2, 0.25) is 0 Å². The third-order valence-electron chi connectivity index (χ3n) is 4.04. The number of halogens is 1. The monoisotopic (exact) mass is 418 g/mol. The van der Waals surface area contributed by atoms with Crippen LogP contribution >= 0.6 is 15.9 Å². The molecule has 0 saturated carbocycles. The lowest BCUT2D eigenvalue weighted by Crippen LogP contribution is -3.11. The minimum absolute atomic E-state index is 0.00129. The zero-order valence-electron chi connectivity index (χ0n) is 15.4. The van der Waals surface area contributed by atoms with E-state index in [1.165, 1.54) is 0 Å². The van der Waals surface area contributed by atoms with Crippen molar-refractivity contribution in [3.8, 4) is 0 Å². The smallest absolute Gasteiger partial charge is 0.279 e. The molecule has 26 heavy (non-hydrogen) atoms. The van der Waals surface area contributed by atoms with Crippen LogP contribution in [0.5, 0.6) is 0 Å². The molecule has 2 amide bonds. The fourth-order valence-corrected chi connectivity index (χ4v) is 2.95. The molecule has 0 radical (unpaired) electrons. The molecule has 0 fully saturated rings. The van der Waals surface area contributed by atoms with Gasteiger partial charge in [-0.25, -0.2) is 0 Å². The molecule has 0 aliphatic heterocycles. The van der Waals surface area contributed by atoms with Crippen molar-refractivity contribution in [2.24, 2.45) is 0 Å². The molecule has 138 valence electrons. The van der Waals surface area contributed by atoms with Crippen molar-refractivity contribution < 1.29 is 14.5 Å². The van der Waals surface area contributed by atoms with Gasteiger partial charge in [0.25, 0.3) is 11.8 Å². The Kier molecular flexibility index (Phi) is 7.36. The van der Waals surface area contributed by atoms with Crippen LogP contribution in [0.15, 0.2) is 53.0 Å². The Hall–Kier alpha value is -2.18. The lowest BCUT2D eigenvalue weighted by atomic mass is 10.2. The third-order valence-corrected chi connectivity index (χ3v) is 4.82. The second-order valence-electron chi connectivity index (χ2n) is 6.57. The number of hydrogen-bond donors (Lipinski definition) is 2. The molecule has 0 aliphatic rings. The first kappa shape index (κ1) is 20.1. The second-order valence-corrected chi connectivity index (χ2v) is 7.42. The molecule has 0 saturated heterocycles. The first-order chi connectivity index (χ1) is 12.3. The Morgan fingerprint density at radius 1 is 1.08 bits per heavy atom. The SMILES string of the molecule is Cc1ccc(NC(=O)C[NH+](C)CC(=O)N(C)Cc2ccccc2Br)cc1. The van der Waals surface area contributed by atoms with Gasteiger partial charge >= 0.3 is 0 Å². The van der Waals surface area contributed by atoms with E-state index in [2.05, 4.69) is 21.2 Å². The topological polar surface area (TPSA) is 53.9 Å². The molecule has 5 nitrogen and oxygen atoms in total. The number of nitrogens with one attached hydrogen (secondary N) is 2. The number of nitrogens with zero attached hydrogens (tertiary/aromatic N) is 1. The molecule has 6 heteroatoms. The van der Waals surface area contributed by atoms with Crippen molar-refractivity contribution in [2.45, 2.75) is 13.5 Å². The standard InChI is InChI=1S/C20H24BrN3O2/c1-15-8-10-17(11-9-15)22-19(25)13-23(2)14-20(26)24(3)12-16-6-4-5-7-18(16)21/h4-11H,12-14H2,1-3H3,(H,22,25)/p+1. The Bertz CT molecular complexity index is 762. The summed E-state index contributed by atoms with van der Waals surface area (Å²) in [7, 11) is 3.63. The molecule has 2 N–H and O–H groups in total. The molecular formula is C20H25BrN3O2+. The summed E-state index contributed by atoms with van der Waals surface area (Å²) in [5.74, 6) is -0.103. The maximum atomic E-state index is 12.4. The molecule has 2 aromatic rings. The van der Waals surface area contributed by atoms with Crippen molar-refractivity contribution >= 4 is 33.4 Å². The van der Waals surface area contributed by atoms with E-state index in [4.69, 9.17) is 0 Å². The summed E-state index contributed by atoms with van der Waals surface area (Å²) in [6.07, 6.45) is 0. The van der Waals surface area contributed by atoms with Gasteiger partial charge in [0.15, 0.2) is 13.1 Å². The Balaban J connectivity index is 1.81. The van der Waals surface area contributed by atoms with Crippen LogP contribution in [0.25, 0.3) is 0 Å². The number of hydrogen-bond acceptors (Lipinski definition) is 2. The fraction of sp³-hybridized carbons (Fsp3) is 0.300. The van der Waals surface area contributed by atoms with Crippen molar-refractivity contribution in [3.63, 3.8) is 0 Å². The maximum absolute atomic E-state index is 12.4. The van der Waals surface area contributed by atoms with Gasteiger partial charge in [0.1, 0.15) is 0 Å². The van der Waals surface area contributed by atoms with Crippen molar-refractivity contribution in [1.82, 2.24) is 4.90 Å². The van der Waals surface area contributed by atoms with Gasteiger partial charge in [-0.2, -0.15) is 0 Å². The second kappa shape index (κ2) is 9.50. The van der Waals surface area contributed by atoms with Gasteiger partial charge < -0.3 is 15.1 Å². The predicted molar refractivity (Wildman–Crippen MR) is 107 cm³/mol. The summed E-state index contributed by atoms with van der Waals surface area (Å²) in [5.41, 5.74) is 2.97. The van der Waals surface area contributed by atoms with Crippen molar-refractivity contribution in [2.75, 3.05) is 32.5 Å². The van der Waals surface area contributed by atoms with E-state index in [1.807, 2.05) is 62.5 Å². The Morgan fingerprint density at radius 2 is 1.73 bits per heavy atom.